The van der Waals surface area contributed by atoms with E-state index in [-0.39, 0.29) is 24.2 Å². The van der Waals surface area contributed by atoms with Crippen molar-refractivity contribution in [3.63, 3.8) is 0 Å². The molecule has 10 nitrogen and oxygen atoms in total. The summed E-state index contributed by atoms with van der Waals surface area (Å²) in [7, 11) is 0. The fourth-order valence-electron chi connectivity index (χ4n) is 2.97. The van der Waals surface area contributed by atoms with Crippen LogP contribution < -0.4 is 5.43 Å². The van der Waals surface area contributed by atoms with Crippen LogP contribution in [-0.4, -0.2) is 46.7 Å². The number of aryl methyl sites for hydroxylation is 1. The number of ketones is 1. The van der Waals surface area contributed by atoms with E-state index in [9.17, 15) is 29.3 Å². The van der Waals surface area contributed by atoms with Crippen molar-refractivity contribution in [3.05, 3.63) is 75.3 Å². The van der Waals surface area contributed by atoms with Crippen LogP contribution in [0.25, 0.3) is 0 Å². The SMILES string of the molecule is Cc1ccc(C(=O)NN2CC(C(=O)OCC(=O)c3ccc([N+](=O)[O-])cc3)CC2=O)cc1. The smallest absolute Gasteiger partial charge is 0.311 e. The second-order valence-electron chi connectivity index (χ2n) is 7.05. The van der Waals surface area contributed by atoms with Crippen molar-refractivity contribution >= 4 is 29.3 Å². The molecular weight excluding hydrogens is 406 g/mol. The van der Waals surface area contributed by atoms with Gasteiger partial charge in [0.15, 0.2) is 12.4 Å². The number of esters is 1. The Kier molecular flexibility index (Phi) is 6.39. The highest BCUT2D eigenvalue weighted by atomic mass is 16.6. The Morgan fingerprint density at radius 3 is 2.32 bits per heavy atom. The number of ether oxygens (including phenoxy) is 1. The number of carbonyl (C=O) groups is 4. The lowest BCUT2D eigenvalue weighted by molar-refractivity contribution is -0.384. The van der Waals surface area contributed by atoms with E-state index in [0.717, 1.165) is 10.6 Å². The van der Waals surface area contributed by atoms with Crippen LogP contribution in [0.4, 0.5) is 5.69 Å². The van der Waals surface area contributed by atoms with Crippen LogP contribution in [0.1, 0.15) is 32.7 Å². The number of Topliss-reactive ketones (excluding diaryl/α,β-unsaturated/α-hetero) is 1. The van der Waals surface area contributed by atoms with Gasteiger partial charge in [0.2, 0.25) is 5.91 Å². The van der Waals surface area contributed by atoms with Crippen LogP contribution >= 0.6 is 0 Å². The number of nitro benzene ring substituents is 1. The van der Waals surface area contributed by atoms with Crippen LogP contribution in [0.15, 0.2) is 48.5 Å². The Balaban J connectivity index is 1.51. The number of nitrogens with zero attached hydrogens (tertiary/aromatic N) is 2. The van der Waals surface area contributed by atoms with E-state index in [1.807, 2.05) is 6.92 Å². The van der Waals surface area contributed by atoms with Gasteiger partial charge < -0.3 is 4.74 Å². The maximum atomic E-state index is 12.3. The maximum absolute atomic E-state index is 12.3. The molecule has 1 heterocycles. The highest BCUT2D eigenvalue weighted by Crippen LogP contribution is 2.19. The molecule has 3 rings (SSSR count). The van der Waals surface area contributed by atoms with Crippen LogP contribution in [-0.2, 0) is 14.3 Å². The van der Waals surface area contributed by atoms with E-state index in [1.165, 1.54) is 24.3 Å². The molecule has 0 saturated carbocycles. The molecule has 0 radical (unpaired) electrons. The van der Waals surface area contributed by atoms with E-state index < -0.39 is 41.0 Å². The molecule has 1 fully saturated rings. The zero-order valence-electron chi connectivity index (χ0n) is 16.6. The summed E-state index contributed by atoms with van der Waals surface area (Å²) in [5, 5.41) is 11.7. The molecule has 0 bridgehead atoms. The monoisotopic (exact) mass is 425 g/mol. The molecule has 160 valence electrons. The first-order valence-corrected chi connectivity index (χ1v) is 9.37. The number of rotatable bonds is 7. The Hall–Kier alpha value is -4.08. The molecular formula is C21H19N3O7. The first-order chi connectivity index (χ1) is 14.7. The predicted octanol–water partition coefficient (Wildman–Crippen LogP) is 1.82. The summed E-state index contributed by atoms with van der Waals surface area (Å²) in [5.74, 6) is -3.01. The van der Waals surface area contributed by atoms with Crippen LogP contribution in [0.2, 0.25) is 0 Å². The molecule has 1 unspecified atom stereocenters. The van der Waals surface area contributed by atoms with E-state index in [2.05, 4.69) is 5.43 Å². The van der Waals surface area contributed by atoms with Gasteiger partial charge in [-0.1, -0.05) is 17.7 Å². The molecule has 0 spiro atoms. The fourth-order valence-corrected chi connectivity index (χ4v) is 2.97. The van der Waals surface area contributed by atoms with E-state index in [4.69, 9.17) is 4.74 Å². The molecule has 2 amide bonds. The summed E-state index contributed by atoms with van der Waals surface area (Å²) in [6.07, 6.45) is -0.154. The number of hydrazine groups is 1. The zero-order valence-corrected chi connectivity index (χ0v) is 16.6. The number of hydrogen-bond acceptors (Lipinski definition) is 7. The number of carbonyl (C=O) groups excluding carboxylic acids is 4. The number of amides is 2. The quantitative estimate of drug-likeness (QED) is 0.309. The lowest BCUT2D eigenvalue weighted by atomic mass is 10.1. The minimum absolute atomic E-state index is 0.0685. The lowest BCUT2D eigenvalue weighted by Gasteiger charge is -2.17. The van der Waals surface area contributed by atoms with Gasteiger partial charge in [-0.05, 0) is 31.2 Å². The number of hydrogen-bond donors (Lipinski definition) is 1. The van der Waals surface area contributed by atoms with Gasteiger partial charge >= 0.3 is 5.97 Å². The standard InChI is InChI=1S/C21H19N3O7/c1-13-2-4-15(5-3-13)20(27)22-23-11-16(10-19(23)26)21(28)31-12-18(25)14-6-8-17(9-7-14)24(29)30/h2-9,16H,10-12H2,1H3,(H,22,27). The molecule has 1 atom stereocenters. The number of nitro groups is 1. The number of nitrogens with one attached hydrogen (secondary N) is 1. The molecule has 1 aliphatic heterocycles. The van der Waals surface area contributed by atoms with E-state index in [0.29, 0.717) is 5.56 Å². The summed E-state index contributed by atoms with van der Waals surface area (Å²) in [6.45, 7) is 1.26. The van der Waals surface area contributed by atoms with Crippen molar-refractivity contribution in [2.75, 3.05) is 13.2 Å². The normalized spacial score (nSPS) is 15.5. The van der Waals surface area contributed by atoms with Gasteiger partial charge in [0.05, 0.1) is 17.4 Å². The zero-order chi connectivity index (χ0) is 22.5. The first-order valence-electron chi connectivity index (χ1n) is 9.37. The molecule has 1 aliphatic rings. The molecule has 31 heavy (non-hydrogen) atoms. The van der Waals surface area contributed by atoms with Gasteiger partial charge in [0.25, 0.3) is 11.6 Å². The minimum atomic E-state index is -0.824. The average molecular weight is 425 g/mol. The first kappa shape index (κ1) is 21.6. The average Bonchev–Trinajstić information content (AvgIpc) is 3.12. The highest BCUT2D eigenvalue weighted by Gasteiger charge is 2.36. The predicted molar refractivity (Wildman–Crippen MR) is 107 cm³/mol. The maximum Gasteiger partial charge on any atom is 0.311 e. The second-order valence-corrected chi connectivity index (χ2v) is 7.05. The number of benzene rings is 2. The van der Waals surface area contributed by atoms with E-state index >= 15 is 0 Å². The minimum Gasteiger partial charge on any atom is -0.457 e. The third-order valence-electron chi connectivity index (χ3n) is 4.75. The third-order valence-corrected chi connectivity index (χ3v) is 4.75. The Bertz CT molecular complexity index is 1030. The van der Waals surface area contributed by atoms with Gasteiger partial charge in [-0.25, -0.2) is 0 Å². The Labute approximate surface area is 176 Å². The topological polar surface area (TPSA) is 136 Å². The van der Waals surface area contributed by atoms with Crippen LogP contribution in [0, 0.1) is 23.0 Å². The van der Waals surface area contributed by atoms with Crippen molar-refractivity contribution < 1.29 is 28.8 Å². The van der Waals surface area contributed by atoms with Crippen molar-refractivity contribution in [1.29, 1.82) is 0 Å². The summed E-state index contributed by atoms with van der Waals surface area (Å²) >= 11 is 0. The van der Waals surface area contributed by atoms with Crippen molar-refractivity contribution in [3.8, 4) is 0 Å². The lowest BCUT2D eigenvalue weighted by Crippen LogP contribution is -2.43. The Morgan fingerprint density at radius 1 is 1.10 bits per heavy atom. The second kappa shape index (κ2) is 9.16. The van der Waals surface area contributed by atoms with Gasteiger partial charge in [-0.3, -0.25) is 39.7 Å². The molecule has 1 saturated heterocycles. The van der Waals surface area contributed by atoms with Crippen molar-refractivity contribution in [1.82, 2.24) is 10.4 Å². The summed E-state index contributed by atoms with van der Waals surface area (Å²) < 4.78 is 5.01. The molecule has 0 aliphatic carbocycles. The molecule has 2 aromatic rings. The van der Waals surface area contributed by atoms with Crippen LogP contribution in [0.3, 0.4) is 0 Å². The molecule has 1 N–H and O–H groups in total. The van der Waals surface area contributed by atoms with E-state index in [1.54, 1.807) is 24.3 Å². The summed E-state index contributed by atoms with van der Waals surface area (Å²) in [6, 6.07) is 11.7. The summed E-state index contributed by atoms with van der Waals surface area (Å²) in [4.78, 5) is 58.8. The highest BCUT2D eigenvalue weighted by molar-refractivity contribution is 5.99. The molecule has 0 aromatic heterocycles. The van der Waals surface area contributed by atoms with Gasteiger partial charge in [0, 0.05) is 29.7 Å². The molecule has 2 aromatic carbocycles. The van der Waals surface area contributed by atoms with Crippen molar-refractivity contribution in [2.24, 2.45) is 5.92 Å². The Morgan fingerprint density at radius 2 is 1.71 bits per heavy atom. The van der Waals surface area contributed by atoms with Gasteiger partial charge in [0.1, 0.15) is 0 Å². The summed E-state index contributed by atoms with van der Waals surface area (Å²) in [5.41, 5.74) is 3.83. The van der Waals surface area contributed by atoms with Crippen LogP contribution in [0.5, 0.6) is 0 Å². The molecule has 10 heteroatoms. The van der Waals surface area contributed by atoms with Gasteiger partial charge in [-0.2, -0.15) is 0 Å². The third kappa shape index (κ3) is 5.30. The largest absolute Gasteiger partial charge is 0.457 e. The van der Waals surface area contributed by atoms with Gasteiger partial charge in [-0.15, -0.1) is 0 Å². The van der Waals surface area contributed by atoms with Crippen molar-refractivity contribution in [2.45, 2.75) is 13.3 Å². The number of non-ortho nitro benzene ring substituents is 1. The fraction of sp³-hybridized carbons (Fsp3) is 0.238.